The molecule has 108 valence electrons. The van der Waals surface area contributed by atoms with Crippen LogP contribution in [-0.4, -0.2) is 22.3 Å². The maximum Gasteiger partial charge on any atom is 0.275 e. The Hall–Kier alpha value is -1.86. The minimum Gasteiger partial charge on any atom is -0.507 e. The minimum absolute atomic E-state index is 0.0127. The van der Waals surface area contributed by atoms with Crippen LogP contribution >= 0.6 is 31.9 Å². The minimum atomic E-state index is -0.544. The summed E-state index contributed by atoms with van der Waals surface area (Å²) in [5.41, 5.74) is 2.83. The summed E-state index contributed by atoms with van der Waals surface area (Å²) in [6, 6.07) is 9.48. The molecule has 0 radical (unpaired) electrons. The lowest BCUT2D eigenvalue weighted by atomic mass is 10.2. The van der Waals surface area contributed by atoms with E-state index < -0.39 is 5.91 Å². The SMILES string of the molecule is O=C(N/N=C\c1cc(Br)cc(Br)c1O)c1ccccc1O. The summed E-state index contributed by atoms with van der Waals surface area (Å²) in [5.74, 6) is -0.657. The van der Waals surface area contributed by atoms with Gasteiger partial charge >= 0.3 is 0 Å². The molecule has 7 heteroatoms. The second-order valence-corrected chi connectivity index (χ2v) is 5.81. The summed E-state index contributed by atoms with van der Waals surface area (Å²) in [7, 11) is 0. The summed E-state index contributed by atoms with van der Waals surface area (Å²) in [6.07, 6.45) is 1.31. The van der Waals surface area contributed by atoms with Gasteiger partial charge in [-0.1, -0.05) is 28.1 Å². The summed E-state index contributed by atoms with van der Waals surface area (Å²) in [5, 5.41) is 23.2. The number of hydrogen-bond acceptors (Lipinski definition) is 4. The van der Waals surface area contributed by atoms with Crippen LogP contribution in [0.1, 0.15) is 15.9 Å². The molecule has 0 bridgehead atoms. The number of amides is 1. The molecule has 0 fully saturated rings. The van der Waals surface area contributed by atoms with Crippen LogP contribution in [0, 0.1) is 0 Å². The van der Waals surface area contributed by atoms with Crippen LogP contribution in [0.2, 0.25) is 0 Å². The number of hydrazone groups is 1. The number of carbonyl (C=O) groups excluding carboxylic acids is 1. The molecular weight excluding hydrogens is 404 g/mol. The molecule has 0 aromatic heterocycles. The molecule has 2 aromatic rings. The lowest BCUT2D eigenvalue weighted by Gasteiger charge is -2.04. The van der Waals surface area contributed by atoms with Crippen molar-refractivity contribution >= 4 is 44.0 Å². The highest BCUT2D eigenvalue weighted by molar-refractivity contribution is 9.11. The van der Waals surface area contributed by atoms with Gasteiger partial charge in [-0.15, -0.1) is 0 Å². The Balaban J connectivity index is 2.13. The van der Waals surface area contributed by atoms with Gasteiger partial charge in [-0.2, -0.15) is 5.10 Å². The van der Waals surface area contributed by atoms with E-state index in [9.17, 15) is 15.0 Å². The molecule has 0 atom stereocenters. The first kappa shape index (κ1) is 15.5. The van der Waals surface area contributed by atoms with Crippen molar-refractivity contribution in [3.05, 3.63) is 56.5 Å². The van der Waals surface area contributed by atoms with E-state index >= 15 is 0 Å². The Labute approximate surface area is 137 Å². The number of nitrogens with zero attached hydrogens (tertiary/aromatic N) is 1. The van der Waals surface area contributed by atoms with Gasteiger partial charge in [-0.05, 0) is 40.2 Å². The van der Waals surface area contributed by atoms with E-state index in [0.717, 1.165) is 4.47 Å². The molecule has 3 N–H and O–H groups in total. The Morgan fingerprint density at radius 3 is 2.62 bits per heavy atom. The van der Waals surface area contributed by atoms with E-state index in [2.05, 4.69) is 42.4 Å². The highest BCUT2D eigenvalue weighted by Gasteiger charge is 2.09. The monoisotopic (exact) mass is 412 g/mol. The van der Waals surface area contributed by atoms with E-state index in [1.807, 2.05) is 0 Å². The predicted molar refractivity (Wildman–Crippen MR) is 86.7 cm³/mol. The largest absolute Gasteiger partial charge is 0.507 e. The number of phenolic OH excluding ortho intramolecular Hbond substituents is 2. The highest BCUT2D eigenvalue weighted by Crippen LogP contribution is 2.30. The molecule has 0 saturated heterocycles. The van der Waals surface area contributed by atoms with Gasteiger partial charge in [0.25, 0.3) is 5.91 Å². The lowest BCUT2D eigenvalue weighted by Crippen LogP contribution is -2.17. The summed E-state index contributed by atoms with van der Waals surface area (Å²) in [4.78, 5) is 11.8. The van der Waals surface area contributed by atoms with Crippen LogP contribution in [0.4, 0.5) is 0 Å². The van der Waals surface area contributed by atoms with Crippen LogP contribution in [0.25, 0.3) is 0 Å². The van der Waals surface area contributed by atoms with Gasteiger partial charge in [0.1, 0.15) is 11.5 Å². The third-order valence-corrected chi connectivity index (χ3v) is 3.64. The van der Waals surface area contributed by atoms with E-state index in [4.69, 9.17) is 0 Å². The van der Waals surface area contributed by atoms with Crippen molar-refractivity contribution in [1.82, 2.24) is 5.43 Å². The quantitative estimate of drug-likeness (QED) is 0.532. The molecule has 0 spiro atoms. The van der Waals surface area contributed by atoms with Crippen LogP contribution in [0.3, 0.4) is 0 Å². The Bertz CT molecular complexity index is 717. The summed E-state index contributed by atoms with van der Waals surface area (Å²) in [6.45, 7) is 0. The zero-order valence-electron chi connectivity index (χ0n) is 10.5. The summed E-state index contributed by atoms with van der Waals surface area (Å²) >= 11 is 6.49. The lowest BCUT2D eigenvalue weighted by molar-refractivity contribution is 0.0952. The fraction of sp³-hybridized carbons (Fsp3) is 0. The number of carbonyl (C=O) groups is 1. The summed E-state index contributed by atoms with van der Waals surface area (Å²) < 4.78 is 1.26. The van der Waals surface area contributed by atoms with Crippen LogP contribution in [0.15, 0.2) is 50.4 Å². The second-order valence-electron chi connectivity index (χ2n) is 4.04. The standard InChI is InChI=1S/C14H10Br2N2O3/c15-9-5-8(13(20)11(16)6-9)7-17-18-14(21)10-3-1-2-4-12(10)19/h1-7,19-20H,(H,18,21)/b17-7-. The molecule has 0 heterocycles. The molecule has 0 unspecified atom stereocenters. The third-order valence-electron chi connectivity index (χ3n) is 2.58. The van der Waals surface area contributed by atoms with Crippen LogP contribution < -0.4 is 5.43 Å². The Kier molecular flexibility index (Phi) is 4.98. The van der Waals surface area contributed by atoms with Crippen molar-refractivity contribution in [2.75, 3.05) is 0 Å². The first-order valence-corrected chi connectivity index (χ1v) is 7.37. The zero-order chi connectivity index (χ0) is 15.4. The van der Waals surface area contributed by atoms with E-state index in [1.165, 1.54) is 18.3 Å². The van der Waals surface area contributed by atoms with Crippen molar-refractivity contribution in [2.45, 2.75) is 0 Å². The fourth-order valence-corrected chi connectivity index (χ4v) is 2.83. The topological polar surface area (TPSA) is 81.9 Å². The average Bonchev–Trinajstić information content (AvgIpc) is 2.44. The van der Waals surface area contributed by atoms with E-state index in [0.29, 0.717) is 10.0 Å². The van der Waals surface area contributed by atoms with E-state index in [-0.39, 0.29) is 17.1 Å². The Morgan fingerprint density at radius 2 is 1.90 bits per heavy atom. The number of benzene rings is 2. The number of nitrogens with one attached hydrogen (secondary N) is 1. The molecule has 0 aliphatic carbocycles. The number of hydrogen-bond donors (Lipinski definition) is 3. The van der Waals surface area contributed by atoms with Gasteiger partial charge in [-0.3, -0.25) is 4.79 Å². The average molecular weight is 414 g/mol. The number of halogens is 2. The molecule has 0 aliphatic heterocycles. The predicted octanol–water partition coefficient (Wildman–Crippen LogP) is 3.39. The molecule has 2 rings (SSSR count). The second kappa shape index (κ2) is 6.73. The van der Waals surface area contributed by atoms with Gasteiger partial charge < -0.3 is 10.2 Å². The van der Waals surface area contributed by atoms with Crippen molar-refractivity contribution in [2.24, 2.45) is 5.10 Å². The van der Waals surface area contributed by atoms with Gasteiger partial charge in [0.05, 0.1) is 16.3 Å². The van der Waals surface area contributed by atoms with Crippen LogP contribution in [-0.2, 0) is 0 Å². The first-order chi connectivity index (χ1) is 9.99. The number of aromatic hydroxyl groups is 2. The fourth-order valence-electron chi connectivity index (χ4n) is 1.57. The maximum atomic E-state index is 11.8. The molecule has 0 aliphatic rings. The normalized spacial score (nSPS) is 10.8. The van der Waals surface area contributed by atoms with Crippen LogP contribution in [0.5, 0.6) is 11.5 Å². The highest BCUT2D eigenvalue weighted by atomic mass is 79.9. The first-order valence-electron chi connectivity index (χ1n) is 5.78. The van der Waals surface area contributed by atoms with Gasteiger partial charge in [0.2, 0.25) is 0 Å². The van der Waals surface area contributed by atoms with Gasteiger partial charge in [-0.25, -0.2) is 5.43 Å². The molecule has 1 amide bonds. The van der Waals surface area contributed by atoms with E-state index in [1.54, 1.807) is 24.3 Å². The third kappa shape index (κ3) is 3.83. The number of rotatable bonds is 3. The zero-order valence-corrected chi connectivity index (χ0v) is 13.7. The number of para-hydroxylation sites is 1. The number of phenols is 2. The smallest absolute Gasteiger partial charge is 0.275 e. The molecule has 5 nitrogen and oxygen atoms in total. The van der Waals surface area contributed by atoms with Gasteiger partial charge in [0, 0.05) is 10.0 Å². The van der Waals surface area contributed by atoms with Crippen molar-refractivity contribution in [3.63, 3.8) is 0 Å². The maximum absolute atomic E-state index is 11.8. The molecule has 21 heavy (non-hydrogen) atoms. The van der Waals surface area contributed by atoms with Crippen molar-refractivity contribution in [3.8, 4) is 11.5 Å². The molecule has 0 saturated carbocycles. The Morgan fingerprint density at radius 1 is 1.19 bits per heavy atom. The van der Waals surface area contributed by atoms with Crippen molar-refractivity contribution in [1.29, 1.82) is 0 Å². The van der Waals surface area contributed by atoms with Gasteiger partial charge in [0.15, 0.2) is 0 Å². The van der Waals surface area contributed by atoms with Crippen molar-refractivity contribution < 1.29 is 15.0 Å². The molecular formula is C14H10Br2N2O3. The molecule has 2 aromatic carbocycles.